The van der Waals surface area contributed by atoms with Crippen molar-refractivity contribution in [2.24, 2.45) is 0 Å². The SMILES string of the molecule is C[C@@H](O)CN1CCCC(O)(CO)C1. The summed E-state index contributed by atoms with van der Waals surface area (Å²) in [6.07, 6.45) is 1.16. The topological polar surface area (TPSA) is 63.9 Å². The van der Waals surface area contributed by atoms with Gasteiger partial charge in [-0.1, -0.05) is 0 Å². The second kappa shape index (κ2) is 4.37. The third-order valence-electron chi connectivity index (χ3n) is 2.45. The highest BCUT2D eigenvalue weighted by atomic mass is 16.3. The Labute approximate surface area is 78.8 Å². The first kappa shape index (κ1) is 10.9. The summed E-state index contributed by atoms with van der Waals surface area (Å²) in [6.45, 7) is 3.47. The van der Waals surface area contributed by atoms with Crippen LogP contribution in [-0.2, 0) is 0 Å². The molecule has 4 heteroatoms. The number of hydrogen-bond acceptors (Lipinski definition) is 4. The van der Waals surface area contributed by atoms with E-state index in [1.54, 1.807) is 6.92 Å². The molecule has 13 heavy (non-hydrogen) atoms. The third kappa shape index (κ3) is 3.23. The van der Waals surface area contributed by atoms with Gasteiger partial charge in [-0.05, 0) is 26.3 Å². The van der Waals surface area contributed by atoms with Gasteiger partial charge in [-0.2, -0.15) is 0 Å². The van der Waals surface area contributed by atoms with Gasteiger partial charge in [0.05, 0.1) is 12.7 Å². The summed E-state index contributed by atoms with van der Waals surface area (Å²) in [7, 11) is 0. The van der Waals surface area contributed by atoms with Gasteiger partial charge in [-0.15, -0.1) is 0 Å². The van der Waals surface area contributed by atoms with Gasteiger partial charge in [0.25, 0.3) is 0 Å². The summed E-state index contributed by atoms with van der Waals surface area (Å²) in [6, 6.07) is 0. The Hall–Kier alpha value is -0.160. The van der Waals surface area contributed by atoms with Crippen LogP contribution in [0.1, 0.15) is 19.8 Å². The van der Waals surface area contributed by atoms with Crippen molar-refractivity contribution in [2.45, 2.75) is 31.5 Å². The van der Waals surface area contributed by atoms with E-state index in [0.29, 0.717) is 19.5 Å². The van der Waals surface area contributed by atoms with Gasteiger partial charge in [0, 0.05) is 13.1 Å². The largest absolute Gasteiger partial charge is 0.393 e. The van der Waals surface area contributed by atoms with Crippen LogP contribution in [0.15, 0.2) is 0 Å². The van der Waals surface area contributed by atoms with Crippen molar-refractivity contribution in [3.8, 4) is 0 Å². The Kier molecular flexibility index (Phi) is 3.67. The molecule has 0 bridgehead atoms. The van der Waals surface area contributed by atoms with Crippen molar-refractivity contribution in [2.75, 3.05) is 26.2 Å². The van der Waals surface area contributed by atoms with Crippen LogP contribution in [0.2, 0.25) is 0 Å². The Balaban J connectivity index is 2.42. The molecule has 1 fully saturated rings. The summed E-state index contributed by atoms with van der Waals surface area (Å²) >= 11 is 0. The van der Waals surface area contributed by atoms with Crippen LogP contribution in [0.4, 0.5) is 0 Å². The molecule has 0 spiro atoms. The van der Waals surface area contributed by atoms with E-state index in [0.717, 1.165) is 13.0 Å². The Morgan fingerprint density at radius 3 is 2.77 bits per heavy atom. The van der Waals surface area contributed by atoms with Crippen LogP contribution in [0.3, 0.4) is 0 Å². The molecule has 0 radical (unpaired) electrons. The monoisotopic (exact) mass is 189 g/mol. The maximum atomic E-state index is 9.79. The van der Waals surface area contributed by atoms with Crippen LogP contribution in [0.5, 0.6) is 0 Å². The van der Waals surface area contributed by atoms with Crippen LogP contribution in [-0.4, -0.2) is 58.2 Å². The first-order chi connectivity index (χ1) is 6.06. The molecular formula is C9H19NO3. The van der Waals surface area contributed by atoms with E-state index < -0.39 is 5.60 Å². The number of β-amino-alcohol motifs (C(OH)–C–C–N with tert-alkyl or cyclic N) is 2. The van der Waals surface area contributed by atoms with Crippen LogP contribution in [0, 0.1) is 0 Å². The molecule has 0 aromatic rings. The smallest absolute Gasteiger partial charge is 0.100 e. The van der Waals surface area contributed by atoms with Crippen molar-refractivity contribution in [1.29, 1.82) is 0 Å². The number of aliphatic hydroxyl groups is 3. The van der Waals surface area contributed by atoms with E-state index in [2.05, 4.69) is 0 Å². The molecular weight excluding hydrogens is 170 g/mol. The second-order valence-corrected chi connectivity index (χ2v) is 4.07. The van der Waals surface area contributed by atoms with Gasteiger partial charge in [-0.25, -0.2) is 0 Å². The number of aliphatic hydroxyl groups excluding tert-OH is 2. The number of piperidine rings is 1. The minimum atomic E-state index is -0.951. The lowest BCUT2D eigenvalue weighted by molar-refractivity contribution is -0.0724. The highest BCUT2D eigenvalue weighted by Crippen LogP contribution is 2.20. The van der Waals surface area contributed by atoms with E-state index in [-0.39, 0.29) is 12.7 Å². The summed E-state index contributed by atoms with van der Waals surface area (Å²) in [4.78, 5) is 1.99. The van der Waals surface area contributed by atoms with Gasteiger partial charge in [0.15, 0.2) is 0 Å². The van der Waals surface area contributed by atoms with Crippen molar-refractivity contribution >= 4 is 0 Å². The molecule has 0 aliphatic carbocycles. The van der Waals surface area contributed by atoms with Gasteiger partial charge in [0.2, 0.25) is 0 Å². The van der Waals surface area contributed by atoms with Crippen LogP contribution in [0.25, 0.3) is 0 Å². The summed E-state index contributed by atoms with van der Waals surface area (Å²) in [5.74, 6) is 0. The molecule has 0 aromatic heterocycles. The van der Waals surface area contributed by atoms with Crippen molar-refractivity contribution < 1.29 is 15.3 Å². The lowest BCUT2D eigenvalue weighted by Gasteiger charge is -2.38. The molecule has 3 N–H and O–H groups in total. The number of hydrogen-bond donors (Lipinski definition) is 3. The maximum absolute atomic E-state index is 9.79. The molecule has 2 atom stereocenters. The van der Waals surface area contributed by atoms with E-state index >= 15 is 0 Å². The Morgan fingerprint density at radius 1 is 1.54 bits per heavy atom. The Bertz CT molecular complexity index is 163. The second-order valence-electron chi connectivity index (χ2n) is 4.07. The molecule has 0 saturated carbocycles. The maximum Gasteiger partial charge on any atom is 0.100 e. The molecule has 4 nitrogen and oxygen atoms in total. The molecule has 0 aromatic carbocycles. The lowest BCUT2D eigenvalue weighted by Crippen LogP contribution is -2.51. The predicted molar refractivity (Wildman–Crippen MR) is 49.4 cm³/mol. The lowest BCUT2D eigenvalue weighted by atomic mass is 9.94. The summed E-state index contributed by atoms with van der Waals surface area (Å²) < 4.78 is 0. The zero-order valence-corrected chi connectivity index (χ0v) is 8.11. The Morgan fingerprint density at radius 2 is 2.23 bits per heavy atom. The van der Waals surface area contributed by atoms with Gasteiger partial charge < -0.3 is 15.3 Å². The molecule has 0 amide bonds. The van der Waals surface area contributed by atoms with Crippen molar-refractivity contribution in [3.63, 3.8) is 0 Å². The molecule has 1 aliphatic rings. The molecule has 1 aliphatic heterocycles. The van der Waals surface area contributed by atoms with E-state index in [1.807, 2.05) is 4.90 Å². The summed E-state index contributed by atoms with van der Waals surface area (Å²) in [5, 5.41) is 27.9. The summed E-state index contributed by atoms with van der Waals surface area (Å²) in [5.41, 5.74) is -0.951. The zero-order valence-electron chi connectivity index (χ0n) is 8.11. The number of likely N-dealkylation sites (tertiary alicyclic amines) is 1. The zero-order chi connectivity index (χ0) is 9.90. The average molecular weight is 189 g/mol. The van der Waals surface area contributed by atoms with Gasteiger partial charge >= 0.3 is 0 Å². The highest BCUT2D eigenvalue weighted by molar-refractivity contribution is 4.86. The van der Waals surface area contributed by atoms with Crippen molar-refractivity contribution in [1.82, 2.24) is 4.90 Å². The first-order valence-corrected chi connectivity index (χ1v) is 4.79. The van der Waals surface area contributed by atoms with Crippen molar-refractivity contribution in [3.05, 3.63) is 0 Å². The van der Waals surface area contributed by atoms with E-state index in [9.17, 15) is 5.11 Å². The average Bonchev–Trinajstić information content (AvgIpc) is 2.03. The third-order valence-corrected chi connectivity index (χ3v) is 2.45. The number of rotatable bonds is 3. The minimum Gasteiger partial charge on any atom is -0.393 e. The predicted octanol–water partition coefficient (Wildman–Crippen LogP) is -0.814. The molecule has 78 valence electrons. The molecule has 1 rings (SSSR count). The normalized spacial score (nSPS) is 33.2. The fourth-order valence-corrected chi connectivity index (χ4v) is 1.86. The fourth-order valence-electron chi connectivity index (χ4n) is 1.86. The minimum absolute atomic E-state index is 0.191. The van der Waals surface area contributed by atoms with Gasteiger partial charge in [0.1, 0.15) is 5.60 Å². The molecule has 1 heterocycles. The highest BCUT2D eigenvalue weighted by Gasteiger charge is 2.32. The standard InChI is InChI=1S/C9H19NO3/c1-8(12)5-10-4-2-3-9(13,6-10)7-11/h8,11-13H,2-7H2,1H3/t8-,9?/m1/s1. The number of nitrogens with zero attached hydrogens (tertiary/aromatic N) is 1. The van der Waals surface area contributed by atoms with Crippen LogP contribution < -0.4 is 0 Å². The molecule has 1 unspecified atom stereocenters. The molecule has 1 saturated heterocycles. The van der Waals surface area contributed by atoms with E-state index in [4.69, 9.17) is 10.2 Å². The van der Waals surface area contributed by atoms with E-state index in [1.165, 1.54) is 0 Å². The quantitative estimate of drug-likeness (QED) is 0.543. The van der Waals surface area contributed by atoms with Gasteiger partial charge in [-0.3, -0.25) is 4.90 Å². The first-order valence-electron chi connectivity index (χ1n) is 4.79. The fraction of sp³-hybridized carbons (Fsp3) is 1.00. The van der Waals surface area contributed by atoms with Crippen LogP contribution >= 0.6 is 0 Å².